The van der Waals surface area contributed by atoms with E-state index in [9.17, 15) is 5.11 Å². The van der Waals surface area contributed by atoms with Gasteiger partial charge in [0.2, 0.25) is 0 Å². The maximum atomic E-state index is 9.47. The summed E-state index contributed by atoms with van der Waals surface area (Å²) in [5.74, 6) is 0.608. The molecule has 0 amide bonds. The Labute approximate surface area is 121 Å². The van der Waals surface area contributed by atoms with Crippen LogP contribution in [0.3, 0.4) is 0 Å². The number of thiazole rings is 1. The first-order valence-corrected chi connectivity index (χ1v) is 7.20. The standard InChI is InChI=1S/C14H16ClNO2S/c1-8-10(3)19-14(16-8)7-18-13-5-4-11(9(2)17)6-12(13)15/h4-6,9,17H,7H2,1-3H3/t9-/m0/s1. The molecular formula is C14H16ClNO2S. The number of aliphatic hydroxyl groups is 1. The number of ether oxygens (including phenoxy) is 1. The van der Waals surface area contributed by atoms with Crippen LogP contribution in [0.15, 0.2) is 18.2 Å². The van der Waals surface area contributed by atoms with E-state index in [4.69, 9.17) is 16.3 Å². The van der Waals surface area contributed by atoms with Crippen molar-refractivity contribution in [3.8, 4) is 5.75 Å². The molecule has 1 aromatic heterocycles. The van der Waals surface area contributed by atoms with Crippen LogP contribution in [0.2, 0.25) is 5.02 Å². The van der Waals surface area contributed by atoms with Crippen molar-refractivity contribution < 1.29 is 9.84 Å². The molecule has 0 aliphatic rings. The third-order valence-corrected chi connectivity index (χ3v) is 4.20. The van der Waals surface area contributed by atoms with Crippen LogP contribution in [0.1, 0.15) is 34.2 Å². The second-order valence-corrected chi connectivity index (χ2v) is 6.10. The molecule has 1 aromatic carbocycles. The van der Waals surface area contributed by atoms with Crippen molar-refractivity contribution in [2.24, 2.45) is 0 Å². The SMILES string of the molecule is Cc1nc(COc2ccc([C@H](C)O)cc2Cl)sc1C. The first-order chi connectivity index (χ1) is 8.97. The monoisotopic (exact) mass is 297 g/mol. The van der Waals surface area contributed by atoms with Gasteiger partial charge >= 0.3 is 0 Å². The lowest BCUT2D eigenvalue weighted by molar-refractivity contribution is 0.199. The fourth-order valence-corrected chi connectivity index (χ4v) is 2.73. The van der Waals surface area contributed by atoms with Crippen molar-refractivity contribution in [1.29, 1.82) is 0 Å². The largest absolute Gasteiger partial charge is 0.485 e. The van der Waals surface area contributed by atoms with Gasteiger partial charge in [0.1, 0.15) is 17.4 Å². The molecule has 2 rings (SSSR count). The minimum Gasteiger partial charge on any atom is -0.485 e. The first-order valence-electron chi connectivity index (χ1n) is 6.00. The molecule has 102 valence electrons. The van der Waals surface area contributed by atoms with Gasteiger partial charge in [-0.3, -0.25) is 0 Å². The molecule has 3 nitrogen and oxygen atoms in total. The molecule has 5 heteroatoms. The van der Waals surface area contributed by atoms with Gasteiger partial charge in [-0.2, -0.15) is 0 Å². The zero-order chi connectivity index (χ0) is 14.0. The summed E-state index contributed by atoms with van der Waals surface area (Å²) in [6.07, 6.45) is -0.532. The summed E-state index contributed by atoms with van der Waals surface area (Å²) in [5.41, 5.74) is 1.82. The lowest BCUT2D eigenvalue weighted by Gasteiger charge is -2.09. The molecular weight excluding hydrogens is 282 g/mol. The van der Waals surface area contributed by atoms with Gasteiger partial charge < -0.3 is 9.84 Å². The van der Waals surface area contributed by atoms with Crippen molar-refractivity contribution in [3.05, 3.63) is 44.4 Å². The van der Waals surface area contributed by atoms with Crippen LogP contribution in [0.4, 0.5) is 0 Å². The van der Waals surface area contributed by atoms with Crippen LogP contribution in [0.5, 0.6) is 5.75 Å². The summed E-state index contributed by atoms with van der Waals surface area (Å²) in [4.78, 5) is 5.61. The van der Waals surface area contributed by atoms with E-state index >= 15 is 0 Å². The number of hydrogen-bond acceptors (Lipinski definition) is 4. The number of hydrogen-bond donors (Lipinski definition) is 1. The van der Waals surface area contributed by atoms with Gasteiger partial charge in [-0.05, 0) is 38.5 Å². The predicted octanol–water partition coefficient (Wildman–Crippen LogP) is 4.05. The van der Waals surface area contributed by atoms with Gasteiger partial charge in [0.05, 0.1) is 16.8 Å². The third-order valence-electron chi connectivity index (χ3n) is 2.86. The molecule has 0 saturated heterocycles. The topological polar surface area (TPSA) is 42.4 Å². The first kappa shape index (κ1) is 14.3. The summed E-state index contributed by atoms with van der Waals surface area (Å²) in [5, 5.41) is 10.9. The number of aryl methyl sites for hydroxylation is 2. The van der Waals surface area contributed by atoms with Crippen LogP contribution < -0.4 is 4.74 Å². The lowest BCUT2D eigenvalue weighted by atomic mass is 10.1. The molecule has 1 atom stereocenters. The van der Waals surface area contributed by atoms with E-state index in [2.05, 4.69) is 4.98 Å². The smallest absolute Gasteiger partial charge is 0.140 e. The van der Waals surface area contributed by atoms with Crippen molar-refractivity contribution in [1.82, 2.24) is 4.98 Å². The Morgan fingerprint density at radius 2 is 2.16 bits per heavy atom. The van der Waals surface area contributed by atoms with Crippen LogP contribution in [-0.4, -0.2) is 10.1 Å². The maximum absolute atomic E-state index is 9.47. The van der Waals surface area contributed by atoms with Gasteiger partial charge in [0.25, 0.3) is 0 Å². The van der Waals surface area contributed by atoms with Gasteiger partial charge in [0.15, 0.2) is 0 Å². The number of rotatable bonds is 4. The van der Waals surface area contributed by atoms with Crippen LogP contribution in [-0.2, 0) is 6.61 Å². The minimum atomic E-state index is -0.532. The van der Waals surface area contributed by atoms with E-state index in [0.717, 1.165) is 16.3 Å². The summed E-state index contributed by atoms with van der Waals surface area (Å²) in [6.45, 7) is 6.14. The number of halogens is 1. The fraction of sp³-hybridized carbons (Fsp3) is 0.357. The van der Waals surface area contributed by atoms with Crippen molar-refractivity contribution >= 4 is 22.9 Å². The second-order valence-electron chi connectivity index (χ2n) is 4.40. The Kier molecular flexibility index (Phi) is 4.45. The summed E-state index contributed by atoms with van der Waals surface area (Å²) < 4.78 is 5.66. The molecule has 19 heavy (non-hydrogen) atoms. The second kappa shape index (κ2) is 5.90. The number of aromatic nitrogens is 1. The van der Waals surface area contributed by atoms with Crippen molar-refractivity contribution in [3.63, 3.8) is 0 Å². The molecule has 0 spiro atoms. The van der Waals surface area contributed by atoms with Gasteiger partial charge in [-0.25, -0.2) is 4.98 Å². The highest BCUT2D eigenvalue weighted by atomic mass is 35.5. The zero-order valence-electron chi connectivity index (χ0n) is 11.1. The molecule has 1 N–H and O–H groups in total. The zero-order valence-corrected chi connectivity index (χ0v) is 12.7. The molecule has 0 unspecified atom stereocenters. The van der Waals surface area contributed by atoms with E-state index in [1.807, 2.05) is 19.9 Å². The normalized spacial score (nSPS) is 12.5. The Morgan fingerprint density at radius 1 is 1.42 bits per heavy atom. The number of nitrogens with zero attached hydrogens (tertiary/aromatic N) is 1. The molecule has 2 aromatic rings. The Bertz CT molecular complexity index is 561. The lowest BCUT2D eigenvalue weighted by Crippen LogP contribution is -1.97. The van der Waals surface area contributed by atoms with E-state index in [-0.39, 0.29) is 0 Å². The quantitative estimate of drug-likeness (QED) is 0.926. The molecule has 0 saturated carbocycles. The molecule has 0 radical (unpaired) electrons. The van der Waals surface area contributed by atoms with Crippen LogP contribution >= 0.6 is 22.9 Å². The average Bonchev–Trinajstić information content (AvgIpc) is 2.67. The third kappa shape index (κ3) is 3.47. The van der Waals surface area contributed by atoms with Crippen LogP contribution in [0.25, 0.3) is 0 Å². The molecule has 0 aliphatic carbocycles. The molecule has 0 fully saturated rings. The van der Waals surface area contributed by atoms with E-state index in [0.29, 0.717) is 17.4 Å². The van der Waals surface area contributed by atoms with Gasteiger partial charge in [0, 0.05) is 4.88 Å². The highest BCUT2D eigenvalue weighted by Crippen LogP contribution is 2.29. The summed E-state index contributed by atoms with van der Waals surface area (Å²) in [7, 11) is 0. The van der Waals surface area contributed by atoms with Gasteiger partial charge in [-0.15, -0.1) is 11.3 Å². The minimum absolute atomic E-state index is 0.410. The Morgan fingerprint density at radius 3 is 2.68 bits per heavy atom. The molecule has 0 aliphatic heterocycles. The summed E-state index contributed by atoms with van der Waals surface area (Å²) >= 11 is 7.75. The van der Waals surface area contributed by atoms with E-state index in [1.54, 1.807) is 30.4 Å². The predicted molar refractivity (Wildman–Crippen MR) is 78.0 cm³/mol. The van der Waals surface area contributed by atoms with Gasteiger partial charge in [-0.1, -0.05) is 17.7 Å². The fourth-order valence-electron chi connectivity index (χ4n) is 1.63. The maximum Gasteiger partial charge on any atom is 0.140 e. The number of benzene rings is 1. The number of aliphatic hydroxyl groups excluding tert-OH is 1. The highest BCUT2D eigenvalue weighted by Gasteiger charge is 2.09. The molecule has 1 heterocycles. The molecule has 0 bridgehead atoms. The Balaban J connectivity index is 2.07. The van der Waals surface area contributed by atoms with Crippen molar-refractivity contribution in [2.45, 2.75) is 33.5 Å². The summed E-state index contributed by atoms with van der Waals surface area (Å²) in [6, 6.07) is 5.31. The van der Waals surface area contributed by atoms with Crippen molar-refractivity contribution in [2.75, 3.05) is 0 Å². The van der Waals surface area contributed by atoms with E-state index in [1.165, 1.54) is 4.88 Å². The Hall–Kier alpha value is -1.10. The average molecular weight is 298 g/mol. The highest BCUT2D eigenvalue weighted by molar-refractivity contribution is 7.11. The van der Waals surface area contributed by atoms with Crippen LogP contribution in [0, 0.1) is 13.8 Å². The van der Waals surface area contributed by atoms with E-state index < -0.39 is 6.10 Å².